The van der Waals surface area contributed by atoms with Gasteiger partial charge in [-0.2, -0.15) is 0 Å². The molecule has 2 unspecified atom stereocenters. The van der Waals surface area contributed by atoms with E-state index in [0.29, 0.717) is 13.0 Å². The smallest absolute Gasteiger partial charge is 0.223 e. The van der Waals surface area contributed by atoms with E-state index in [-0.39, 0.29) is 18.0 Å². The summed E-state index contributed by atoms with van der Waals surface area (Å²) < 4.78 is 5.55. The topological polar surface area (TPSA) is 55.6 Å². The predicted molar refractivity (Wildman–Crippen MR) is 79.6 cm³/mol. The van der Waals surface area contributed by atoms with Gasteiger partial charge in [0, 0.05) is 19.0 Å². The van der Waals surface area contributed by atoms with Crippen molar-refractivity contribution in [1.82, 2.24) is 4.90 Å². The van der Waals surface area contributed by atoms with Crippen LogP contribution in [0.25, 0.3) is 0 Å². The molecule has 0 aromatic heterocycles. The fourth-order valence-corrected chi connectivity index (χ4v) is 2.86. The second kappa shape index (κ2) is 6.75. The van der Waals surface area contributed by atoms with Crippen LogP contribution in [0.2, 0.25) is 0 Å². The van der Waals surface area contributed by atoms with Crippen LogP contribution in [0.5, 0.6) is 5.75 Å². The Labute approximate surface area is 120 Å². The summed E-state index contributed by atoms with van der Waals surface area (Å²) in [6, 6.07) is 7.92. The van der Waals surface area contributed by atoms with Crippen LogP contribution in [0.1, 0.15) is 44.7 Å². The maximum Gasteiger partial charge on any atom is 0.223 e. The maximum atomic E-state index is 12.2. The largest absolute Gasteiger partial charge is 0.494 e. The number of likely N-dealkylation sites (tertiary alicyclic amines) is 1. The van der Waals surface area contributed by atoms with Gasteiger partial charge in [0.15, 0.2) is 0 Å². The number of rotatable bonds is 5. The zero-order valence-electron chi connectivity index (χ0n) is 12.3. The van der Waals surface area contributed by atoms with E-state index in [2.05, 4.69) is 6.92 Å². The molecule has 4 heteroatoms. The van der Waals surface area contributed by atoms with Crippen molar-refractivity contribution in [2.24, 2.45) is 5.73 Å². The lowest BCUT2D eigenvalue weighted by Gasteiger charge is -2.40. The molecule has 20 heavy (non-hydrogen) atoms. The molecular formula is C16H24N2O2. The van der Waals surface area contributed by atoms with E-state index in [1.54, 1.807) is 0 Å². The van der Waals surface area contributed by atoms with Gasteiger partial charge in [-0.1, -0.05) is 19.1 Å². The van der Waals surface area contributed by atoms with Crippen molar-refractivity contribution in [2.75, 3.05) is 13.2 Å². The summed E-state index contributed by atoms with van der Waals surface area (Å²) in [7, 11) is 0. The monoisotopic (exact) mass is 276 g/mol. The summed E-state index contributed by atoms with van der Waals surface area (Å²) in [6.45, 7) is 5.45. The fraction of sp³-hybridized carbons (Fsp3) is 0.562. The van der Waals surface area contributed by atoms with Crippen molar-refractivity contribution in [2.45, 2.75) is 45.2 Å². The minimum absolute atomic E-state index is 0.00359. The molecule has 1 fully saturated rings. The molecule has 1 aliphatic heterocycles. The van der Waals surface area contributed by atoms with Gasteiger partial charge in [-0.3, -0.25) is 4.79 Å². The number of carbonyl (C=O) groups excluding carboxylic acids is 1. The molecular weight excluding hydrogens is 252 g/mol. The van der Waals surface area contributed by atoms with Crippen molar-refractivity contribution >= 4 is 5.91 Å². The van der Waals surface area contributed by atoms with Crippen LogP contribution in [0.3, 0.4) is 0 Å². The summed E-state index contributed by atoms with van der Waals surface area (Å²) in [6.07, 6.45) is 2.26. The Morgan fingerprint density at radius 3 is 2.90 bits per heavy atom. The molecule has 0 bridgehead atoms. The van der Waals surface area contributed by atoms with Gasteiger partial charge in [-0.25, -0.2) is 0 Å². The summed E-state index contributed by atoms with van der Waals surface area (Å²) >= 11 is 0. The standard InChI is InChI=1S/C16H24N2O2/c1-3-10-18-15(19)9-8-14(17)16(18)12-6-5-7-13(11-12)20-4-2/h5-7,11,14,16H,3-4,8-10,17H2,1-2H3. The van der Waals surface area contributed by atoms with E-state index in [1.165, 1.54) is 0 Å². The molecule has 2 N–H and O–H groups in total. The van der Waals surface area contributed by atoms with E-state index in [0.717, 1.165) is 30.7 Å². The third-order valence-electron chi connectivity index (χ3n) is 3.73. The lowest BCUT2D eigenvalue weighted by atomic mass is 9.90. The van der Waals surface area contributed by atoms with E-state index in [4.69, 9.17) is 10.5 Å². The number of carbonyl (C=O) groups is 1. The average Bonchev–Trinajstić information content (AvgIpc) is 2.44. The van der Waals surface area contributed by atoms with Gasteiger partial charge in [0.25, 0.3) is 0 Å². The molecule has 1 amide bonds. The Morgan fingerprint density at radius 1 is 1.40 bits per heavy atom. The van der Waals surface area contributed by atoms with Gasteiger partial charge < -0.3 is 15.4 Å². The van der Waals surface area contributed by atoms with E-state index >= 15 is 0 Å². The molecule has 1 aliphatic rings. The van der Waals surface area contributed by atoms with E-state index < -0.39 is 0 Å². The second-order valence-corrected chi connectivity index (χ2v) is 5.24. The first-order chi connectivity index (χ1) is 9.67. The molecule has 110 valence electrons. The van der Waals surface area contributed by atoms with Crippen molar-refractivity contribution in [1.29, 1.82) is 0 Å². The minimum atomic E-state index is -0.0309. The summed E-state index contributed by atoms with van der Waals surface area (Å²) in [5.74, 6) is 1.05. The Balaban J connectivity index is 2.30. The number of nitrogens with zero attached hydrogens (tertiary/aromatic N) is 1. The normalized spacial score (nSPS) is 22.9. The third kappa shape index (κ3) is 3.12. The van der Waals surface area contributed by atoms with Gasteiger partial charge >= 0.3 is 0 Å². The second-order valence-electron chi connectivity index (χ2n) is 5.24. The van der Waals surface area contributed by atoms with Crippen LogP contribution in [0.15, 0.2) is 24.3 Å². The molecule has 0 aliphatic carbocycles. The van der Waals surface area contributed by atoms with Crippen molar-refractivity contribution < 1.29 is 9.53 Å². The van der Waals surface area contributed by atoms with E-state index in [9.17, 15) is 4.79 Å². The Kier molecular flexibility index (Phi) is 5.01. The highest BCUT2D eigenvalue weighted by Gasteiger charge is 2.34. The lowest BCUT2D eigenvalue weighted by molar-refractivity contribution is -0.137. The highest BCUT2D eigenvalue weighted by Crippen LogP contribution is 2.32. The lowest BCUT2D eigenvalue weighted by Crippen LogP contribution is -2.49. The van der Waals surface area contributed by atoms with Crippen LogP contribution in [-0.4, -0.2) is 30.0 Å². The predicted octanol–water partition coefficient (Wildman–Crippen LogP) is 2.49. The van der Waals surface area contributed by atoms with Gasteiger partial charge in [-0.15, -0.1) is 0 Å². The highest BCUT2D eigenvalue weighted by molar-refractivity contribution is 5.78. The molecule has 1 aromatic rings. The Morgan fingerprint density at radius 2 is 2.20 bits per heavy atom. The number of nitrogens with two attached hydrogens (primary N) is 1. The van der Waals surface area contributed by atoms with Crippen molar-refractivity contribution in [3.8, 4) is 5.75 Å². The third-order valence-corrected chi connectivity index (χ3v) is 3.73. The fourth-order valence-electron chi connectivity index (χ4n) is 2.86. The molecule has 2 atom stereocenters. The molecule has 1 aromatic carbocycles. The van der Waals surface area contributed by atoms with Crippen LogP contribution in [0, 0.1) is 0 Å². The molecule has 0 saturated carbocycles. The highest BCUT2D eigenvalue weighted by atomic mass is 16.5. The summed E-state index contributed by atoms with van der Waals surface area (Å²) in [5.41, 5.74) is 7.36. The van der Waals surface area contributed by atoms with Gasteiger partial charge in [0.1, 0.15) is 5.75 Å². The van der Waals surface area contributed by atoms with Gasteiger partial charge in [-0.05, 0) is 37.5 Å². The Bertz CT molecular complexity index is 462. The number of amides is 1. The van der Waals surface area contributed by atoms with Crippen LogP contribution < -0.4 is 10.5 Å². The number of hydrogen-bond donors (Lipinski definition) is 1. The zero-order chi connectivity index (χ0) is 14.5. The van der Waals surface area contributed by atoms with Gasteiger partial charge in [0.2, 0.25) is 5.91 Å². The molecule has 0 spiro atoms. The minimum Gasteiger partial charge on any atom is -0.494 e. The number of ether oxygens (including phenoxy) is 1. The average molecular weight is 276 g/mol. The van der Waals surface area contributed by atoms with Crippen LogP contribution in [0.4, 0.5) is 0 Å². The molecule has 2 rings (SSSR count). The first kappa shape index (κ1) is 14.9. The SMILES string of the molecule is CCCN1C(=O)CCC(N)C1c1cccc(OCC)c1. The Hall–Kier alpha value is -1.55. The van der Waals surface area contributed by atoms with Crippen LogP contribution >= 0.6 is 0 Å². The first-order valence-corrected chi connectivity index (χ1v) is 7.45. The quantitative estimate of drug-likeness (QED) is 0.899. The molecule has 0 radical (unpaired) electrons. The maximum absolute atomic E-state index is 12.2. The first-order valence-electron chi connectivity index (χ1n) is 7.45. The molecule has 4 nitrogen and oxygen atoms in total. The number of benzene rings is 1. The van der Waals surface area contributed by atoms with Crippen molar-refractivity contribution in [3.63, 3.8) is 0 Å². The molecule has 1 saturated heterocycles. The molecule has 1 heterocycles. The van der Waals surface area contributed by atoms with Gasteiger partial charge in [0.05, 0.1) is 12.6 Å². The van der Waals surface area contributed by atoms with E-state index in [1.807, 2.05) is 36.1 Å². The van der Waals surface area contributed by atoms with Crippen molar-refractivity contribution in [3.05, 3.63) is 29.8 Å². The van der Waals surface area contributed by atoms with Crippen LogP contribution in [-0.2, 0) is 4.79 Å². The number of hydrogen-bond acceptors (Lipinski definition) is 3. The summed E-state index contributed by atoms with van der Waals surface area (Å²) in [5, 5.41) is 0. The summed E-state index contributed by atoms with van der Waals surface area (Å²) in [4.78, 5) is 14.1. The zero-order valence-corrected chi connectivity index (χ0v) is 12.3. The number of piperidine rings is 1.